The van der Waals surface area contributed by atoms with Crippen molar-refractivity contribution in [3.05, 3.63) is 6.33 Å². The van der Waals surface area contributed by atoms with E-state index in [4.69, 9.17) is 10.5 Å². The lowest BCUT2D eigenvalue weighted by Gasteiger charge is -2.26. The van der Waals surface area contributed by atoms with E-state index in [1.807, 2.05) is 4.57 Å². The lowest BCUT2D eigenvalue weighted by atomic mass is 10.4. The van der Waals surface area contributed by atoms with Gasteiger partial charge in [-0.1, -0.05) is 0 Å². The summed E-state index contributed by atoms with van der Waals surface area (Å²) in [5.41, 5.74) is 7.46. The molecule has 0 radical (unpaired) electrons. The number of fused-ring (bicyclic) bond motifs is 1. The van der Waals surface area contributed by atoms with Crippen LogP contribution in [-0.2, 0) is 4.74 Å². The van der Waals surface area contributed by atoms with E-state index in [0.717, 1.165) is 18.7 Å². The molecule has 0 aliphatic carbocycles. The predicted molar refractivity (Wildman–Crippen MR) is 73.2 cm³/mol. The Morgan fingerprint density at radius 1 is 1.26 bits per heavy atom. The molecule has 1 aliphatic rings. The van der Waals surface area contributed by atoms with Gasteiger partial charge in [0.15, 0.2) is 11.5 Å². The number of anilines is 2. The molecule has 3 rings (SSSR count). The van der Waals surface area contributed by atoms with E-state index in [2.05, 4.69) is 33.7 Å². The van der Waals surface area contributed by atoms with E-state index in [1.165, 1.54) is 0 Å². The minimum absolute atomic E-state index is 0.289. The fourth-order valence-electron chi connectivity index (χ4n) is 2.21. The first-order valence-electron chi connectivity index (χ1n) is 6.49. The normalized spacial score (nSPS) is 16.5. The van der Waals surface area contributed by atoms with Gasteiger partial charge in [0.1, 0.15) is 5.52 Å². The van der Waals surface area contributed by atoms with Gasteiger partial charge < -0.3 is 19.9 Å². The van der Waals surface area contributed by atoms with Crippen molar-refractivity contribution in [2.75, 3.05) is 36.9 Å². The first-order chi connectivity index (χ1) is 9.16. The fourth-order valence-corrected chi connectivity index (χ4v) is 2.21. The third-order valence-electron chi connectivity index (χ3n) is 3.29. The highest BCUT2D eigenvalue weighted by atomic mass is 16.5. The molecule has 1 fully saturated rings. The van der Waals surface area contributed by atoms with Gasteiger partial charge in [0.25, 0.3) is 0 Å². The van der Waals surface area contributed by atoms with Crippen LogP contribution in [0, 0.1) is 0 Å². The topological polar surface area (TPSA) is 82.1 Å². The first kappa shape index (κ1) is 12.2. The van der Waals surface area contributed by atoms with Crippen LogP contribution in [0.1, 0.15) is 19.9 Å². The van der Waals surface area contributed by atoms with Crippen molar-refractivity contribution in [3.8, 4) is 0 Å². The van der Waals surface area contributed by atoms with E-state index in [9.17, 15) is 0 Å². The number of nitrogen functional groups attached to an aromatic ring is 1. The largest absolute Gasteiger partial charge is 0.382 e. The van der Waals surface area contributed by atoms with Crippen LogP contribution in [0.5, 0.6) is 0 Å². The third-order valence-corrected chi connectivity index (χ3v) is 3.29. The van der Waals surface area contributed by atoms with Gasteiger partial charge in [-0.15, -0.1) is 0 Å². The van der Waals surface area contributed by atoms with Crippen molar-refractivity contribution in [2.24, 2.45) is 0 Å². The first-order valence-corrected chi connectivity index (χ1v) is 6.49. The van der Waals surface area contributed by atoms with Gasteiger partial charge in [-0.3, -0.25) is 0 Å². The minimum atomic E-state index is 0.289. The number of ether oxygens (including phenoxy) is 1. The van der Waals surface area contributed by atoms with Crippen LogP contribution in [0.2, 0.25) is 0 Å². The molecule has 0 amide bonds. The molecule has 0 aromatic carbocycles. The van der Waals surface area contributed by atoms with Gasteiger partial charge in [-0.05, 0) is 13.8 Å². The maximum Gasteiger partial charge on any atom is 0.229 e. The molecule has 0 unspecified atom stereocenters. The Balaban J connectivity index is 2.08. The maximum atomic E-state index is 5.99. The summed E-state index contributed by atoms with van der Waals surface area (Å²) in [7, 11) is 0. The maximum absolute atomic E-state index is 5.99. The number of nitrogens with zero attached hydrogens (tertiary/aromatic N) is 5. The van der Waals surface area contributed by atoms with Gasteiger partial charge in [0.2, 0.25) is 5.95 Å². The quantitative estimate of drug-likeness (QED) is 0.863. The Bertz CT molecular complexity index is 587. The summed E-state index contributed by atoms with van der Waals surface area (Å²) in [4.78, 5) is 15.4. The van der Waals surface area contributed by atoms with E-state index in [-0.39, 0.29) is 6.04 Å². The standard InChI is InChI=1S/C12H18N6O/c1-8(2)18-7-14-9-10(13)15-12(16-11(9)18)17-3-5-19-6-4-17/h7-8H,3-6H2,1-2H3,(H2,13,15,16). The van der Waals surface area contributed by atoms with Crippen molar-refractivity contribution in [1.29, 1.82) is 0 Å². The molecule has 1 saturated heterocycles. The van der Waals surface area contributed by atoms with Crippen LogP contribution in [-0.4, -0.2) is 45.8 Å². The van der Waals surface area contributed by atoms with Crippen molar-refractivity contribution in [3.63, 3.8) is 0 Å². The number of imidazole rings is 1. The Morgan fingerprint density at radius 3 is 2.68 bits per heavy atom. The Labute approximate surface area is 111 Å². The van der Waals surface area contributed by atoms with Crippen LogP contribution in [0.15, 0.2) is 6.33 Å². The van der Waals surface area contributed by atoms with Crippen LogP contribution in [0.25, 0.3) is 11.2 Å². The van der Waals surface area contributed by atoms with Crippen LogP contribution < -0.4 is 10.6 Å². The number of nitrogens with two attached hydrogens (primary N) is 1. The second-order valence-corrected chi connectivity index (χ2v) is 4.93. The molecule has 19 heavy (non-hydrogen) atoms. The van der Waals surface area contributed by atoms with Crippen molar-refractivity contribution in [2.45, 2.75) is 19.9 Å². The van der Waals surface area contributed by atoms with Crippen LogP contribution in [0.3, 0.4) is 0 Å². The molecule has 102 valence electrons. The molecule has 1 aliphatic heterocycles. The lowest BCUT2D eigenvalue weighted by Crippen LogP contribution is -2.37. The molecule has 3 heterocycles. The number of hydrogen-bond acceptors (Lipinski definition) is 6. The SMILES string of the molecule is CC(C)n1cnc2c(N)nc(N3CCOCC3)nc21. The molecule has 0 saturated carbocycles. The Kier molecular flexibility index (Phi) is 2.98. The molecule has 7 heteroatoms. The third kappa shape index (κ3) is 2.10. The second-order valence-electron chi connectivity index (χ2n) is 4.93. The highest BCUT2D eigenvalue weighted by molar-refractivity contribution is 5.83. The average molecular weight is 262 g/mol. The molecule has 2 N–H and O–H groups in total. The second kappa shape index (κ2) is 4.65. The zero-order chi connectivity index (χ0) is 13.4. The summed E-state index contributed by atoms with van der Waals surface area (Å²) in [6, 6.07) is 0.289. The van der Waals surface area contributed by atoms with Gasteiger partial charge >= 0.3 is 0 Å². The van der Waals surface area contributed by atoms with Crippen molar-refractivity contribution >= 4 is 22.9 Å². The van der Waals surface area contributed by atoms with Crippen LogP contribution >= 0.6 is 0 Å². The fraction of sp³-hybridized carbons (Fsp3) is 0.583. The Hall–Kier alpha value is -1.89. The summed E-state index contributed by atoms with van der Waals surface area (Å²) in [6.07, 6.45) is 1.77. The summed E-state index contributed by atoms with van der Waals surface area (Å²) in [5, 5.41) is 0. The number of morpholine rings is 1. The summed E-state index contributed by atoms with van der Waals surface area (Å²) in [6.45, 7) is 7.17. The molecular weight excluding hydrogens is 244 g/mol. The highest BCUT2D eigenvalue weighted by Crippen LogP contribution is 2.22. The average Bonchev–Trinajstić information content (AvgIpc) is 2.84. The molecular formula is C12H18N6O. The summed E-state index contributed by atoms with van der Waals surface area (Å²) >= 11 is 0. The number of hydrogen-bond donors (Lipinski definition) is 1. The van der Waals surface area contributed by atoms with Gasteiger partial charge in [0, 0.05) is 19.1 Å². The summed E-state index contributed by atoms with van der Waals surface area (Å²) in [5.74, 6) is 1.10. The van der Waals surface area contributed by atoms with E-state index in [1.54, 1.807) is 6.33 Å². The predicted octanol–water partition coefficient (Wildman–Crippen LogP) is 0.826. The molecule has 2 aromatic heterocycles. The van der Waals surface area contributed by atoms with Crippen molar-refractivity contribution < 1.29 is 4.74 Å². The minimum Gasteiger partial charge on any atom is -0.382 e. The van der Waals surface area contributed by atoms with Gasteiger partial charge in [-0.25, -0.2) is 4.98 Å². The monoisotopic (exact) mass is 262 g/mol. The Morgan fingerprint density at radius 2 is 2.00 bits per heavy atom. The van der Waals surface area contributed by atoms with E-state index in [0.29, 0.717) is 30.5 Å². The van der Waals surface area contributed by atoms with E-state index >= 15 is 0 Å². The molecule has 7 nitrogen and oxygen atoms in total. The zero-order valence-corrected chi connectivity index (χ0v) is 11.2. The summed E-state index contributed by atoms with van der Waals surface area (Å²) < 4.78 is 7.35. The van der Waals surface area contributed by atoms with Crippen LogP contribution in [0.4, 0.5) is 11.8 Å². The van der Waals surface area contributed by atoms with Gasteiger partial charge in [-0.2, -0.15) is 9.97 Å². The molecule has 0 spiro atoms. The lowest BCUT2D eigenvalue weighted by molar-refractivity contribution is 0.122. The van der Waals surface area contributed by atoms with Crippen molar-refractivity contribution in [1.82, 2.24) is 19.5 Å². The number of aromatic nitrogens is 4. The molecule has 2 aromatic rings. The smallest absolute Gasteiger partial charge is 0.229 e. The number of rotatable bonds is 2. The van der Waals surface area contributed by atoms with Gasteiger partial charge in [0.05, 0.1) is 19.5 Å². The zero-order valence-electron chi connectivity index (χ0n) is 11.2. The molecule has 0 atom stereocenters. The van der Waals surface area contributed by atoms with E-state index < -0.39 is 0 Å². The highest BCUT2D eigenvalue weighted by Gasteiger charge is 2.18. The molecule has 0 bridgehead atoms.